The Labute approximate surface area is 185 Å². The number of likely N-dealkylation sites (tertiary alicyclic amines) is 1. The van der Waals surface area contributed by atoms with Crippen molar-refractivity contribution < 1.29 is 13.2 Å². The van der Waals surface area contributed by atoms with Crippen molar-refractivity contribution in [3.63, 3.8) is 0 Å². The highest BCUT2D eigenvalue weighted by molar-refractivity contribution is 7.89. The molecule has 2 heterocycles. The molecule has 0 aromatic heterocycles. The number of rotatable bonds is 4. The van der Waals surface area contributed by atoms with Crippen LogP contribution in [-0.4, -0.2) is 42.7 Å². The summed E-state index contributed by atoms with van der Waals surface area (Å²) in [7, 11) is -3.56. The molecular formula is C25H30N2O3S. The molecule has 0 N–H and O–H groups in total. The fourth-order valence-electron chi connectivity index (χ4n) is 5.50. The molecule has 5 rings (SSSR count). The van der Waals surface area contributed by atoms with Gasteiger partial charge in [0.1, 0.15) is 0 Å². The molecule has 0 spiro atoms. The number of benzene rings is 2. The zero-order valence-corrected chi connectivity index (χ0v) is 18.7. The maximum Gasteiger partial charge on any atom is 0.243 e. The minimum atomic E-state index is -3.56. The number of aryl methyl sites for hydroxylation is 2. The van der Waals surface area contributed by atoms with Crippen molar-refractivity contribution in [1.29, 1.82) is 0 Å². The van der Waals surface area contributed by atoms with Gasteiger partial charge in [-0.05, 0) is 73.3 Å². The Hall–Kier alpha value is -2.18. The Morgan fingerprint density at radius 3 is 2.45 bits per heavy atom. The lowest BCUT2D eigenvalue weighted by molar-refractivity contribution is -0.133. The molecule has 2 atom stereocenters. The molecule has 0 bridgehead atoms. The van der Waals surface area contributed by atoms with E-state index in [9.17, 15) is 13.2 Å². The second-order valence-electron chi connectivity index (χ2n) is 9.19. The molecule has 164 valence electrons. The highest BCUT2D eigenvalue weighted by atomic mass is 32.2. The average molecular weight is 439 g/mol. The molecule has 0 radical (unpaired) electrons. The van der Waals surface area contributed by atoms with Crippen LogP contribution in [0.5, 0.6) is 0 Å². The third-order valence-electron chi connectivity index (χ3n) is 7.21. The Morgan fingerprint density at radius 2 is 1.65 bits per heavy atom. The van der Waals surface area contributed by atoms with E-state index in [0.717, 1.165) is 37.7 Å². The van der Waals surface area contributed by atoms with Gasteiger partial charge >= 0.3 is 0 Å². The quantitative estimate of drug-likeness (QED) is 0.730. The van der Waals surface area contributed by atoms with Crippen molar-refractivity contribution in [3.05, 3.63) is 65.2 Å². The van der Waals surface area contributed by atoms with Crippen LogP contribution >= 0.6 is 0 Å². The third-order valence-corrected chi connectivity index (χ3v) is 9.04. The summed E-state index contributed by atoms with van der Waals surface area (Å²) in [4.78, 5) is 15.3. The Kier molecular flexibility index (Phi) is 5.61. The van der Waals surface area contributed by atoms with Gasteiger partial charge in [0.15, 0.2) is 0 Å². The Morgan fingerprint density at radius 1 is 0.871 bits per heavy atom. The molecule has 2 aromatic carbocycles. The monoisotopic (exact) mass is 438 g/mol. The molecule has 2 aliphatic heterocycles. The zero-order valence-electron chi connectivity index (χ0n) is 17.9. The largest absolute Gasteiger partial charge is 0.334 e. The van der Waals surface area contributed by atoms with Gasteiger partial charge in [0.2, 0.25) is 15.9 Å². The predicted octanol–water partition coefficient (Wildman–Crippen LogP) is 3.77. The number of carbonyl (C=O) groups is 1. The summed E-state index contributed by atoms with van der Waals surface area (Å²) in [5.74, 6) is 0.340. The van der Waals surface area contributed by atoms with Gasteiger partial charge in [-0.2, -0.15) is 4.31 Å². The number of fused-ring (bicyclic) bond motifs is 2. The molecule has 1 amide bonds. The number of amides is 1. The molecule has 0 saturated carbocycles. The van der Waals surface area contributed by atoms with Gasteiger partial charge in [0.25, 0.3) is 0 Å². The Bertz CT molecular complexity index is 1070. The first kappa shape index (κ1) is 20.7. The third kappa shape index (κ3) is 4.03. The van der Waals surface area contributed by atoms with Crippen molar-refractivity contribution in [3.8, 4) is 0 Å². The molecule has 31 heavy (non-hydrogen) atoms. The lowest BCUT2D eigenvalue weighted by Gasteiger charge is -2.30. The van der Waals surface area contributed by atoms with Gasteiger partial charge in [-0.15, -0.1) is 0 Å². The van der Waals surface area contributed by atoms with Crippen LogP contribution < -0.4 is 0 Å². The first-order chi connectivity index (χ1) is 15.0. The van der Waals surface area contributed by atoms with Crippen molar-refractivity contribution >= 4 is 15.9 Å². The van der Waals surface area contributed by atoms with Crippen molar-refractivity contribution in [2.75, 3.05) is 13.1 Å². The van der Waals surface area contributed by atoms with E-state index in [2.05, 4.69) is 0 Å². The summed E-state index contributed by atoms with van der Waals surface area (Å²) in [6.45, 7) is 1.44. The van der Waals surface area contributed by atoms with Crippen LogP contribution in [0.4, 0.5) is 0 Å². The van der Waals surface area contributed by atoms with Crippen LogP contribution in [0, 0.1) is 5.92 Å². The van der Waals surface area contributed by atoms with Gasteiger partial charge in [0, 0.05) is 32.1 Å². The topological polar surface area (TPSA) is 57.7 Å². The van der Waals surface area contributed by atoms with Gasteiger partial charge in [0.05, 0.1) is 4.90 Å². The van der Waals surface area contributed by atoms with Crippen LogP contribution in [0.2, 0.25) is 0 Å². The second kappa shape index (κ2) is 8.40. The molecular weight excluding hydrogens is 408 g/mol. The molecule has 2 aromatic rings. The van der Waals surface area contributed by atoms with Crippen LogP contribution in [0.3, 0.4) is 0 Å². The van der Waals surface area contributed by atoms with Gasteiger partial charge < -0.3 is 4.90 Å². The summed E-state index contributed by atoms with van der Waals surface area (Å²) < 4.78 is 28.7. The number of hydrogen-bond acceptors (Lipinski definition) is 3. The van der Waals surface area contributed by atoms with E-state index in [-0.39, 0.29) is 17.9 Å². The van der Waals surface area contributed by atoms with Gasteiger partial charge in [-0.3, -0.25) is 4.79 Å². The SMILES string of the molecule is O=C1CCCC2CN(S(=O)(=O)c3ccc4c(c3)CCCC4)CC2N1Cc1ccccc1. The van der Waals surface area contributed by atoms with E-state index in [4.69, 9.17) is 0 Å². The molecule has 6 heteroatoms. The van der Waals surface area contributed by atoms with Crippen molar-refractivity contribution in [2.24, 2.45) is 5.92 Å². The molecule has 2 fully saturated rings. The van der Waals surface area contributed by atoms with E-state index >= 15 is 0 Å². The molecule has 2 saturated heterocycles. The van der Waals surface area contributed by atoms with E-state index < -0.39 is 10.0 Å². The van der Waals surface area contributed by atoms with Crippen molar-refractivity contribution in [1.82, 2.24) is 9.21 Å². The second-order valence-corrected chi connectivity index (χ2v) is 11.1. The van der Waals surface area contributed by atoms with Gasteiger partial charge in [-0.25, -0.2) is 8.42 Å². The number of hydrogen-bond donors (Lipinski definition) is 0. The summed E-state index contributed by atoms with van der Waals surface area (Å²) in [6.07, 6.45) is 6.59. The molecule has 5 nitrogen and oxygen atoms in total. The standard InChI is InChI=1S/C25H30N2O3S/c28-25-12-6-11-22-17-26(18-24(22)27(25)16-19-7-2-1-3-8-19)31(29,30)23-14-13-20-9-4-5-10-21(20)15-23/h1-3,7-8,13-15,22,24H,4-6,9-12,16-18H2. The van der Waals surface area contributed by atoms with Gasteiger partial charge in [-0.1, -0.05) is 36.4 Å². The summed E-state index contributed by atoms with van der Waals surface area (Å²) >= 11 is 0. The first-order valence-corrected chi connectivity index (χ1v) is 12.9. The minimum Gasteiger partial charge on any atom is -0.334 e. The number of sulfonamides is 1. The average Bonchev–Trinajstić information content (AvgIpc) is 3.16. The van der Waals surface area contributed by atoms with Crippen molar-refractivity contribution in [2.45, 2.75) is 62.4 Å². The predicted molar refractivity (Wildman–Crippen MR) is 120 cm³/mol. The van der Waals surface area contributed by atoms with E-state index in [0.29, 0.717) is 31.0 Å². The van der Waals surface area contributed by atoms with E-state index in [1.165, 1.54) is 17.5 Å². The van der Waals surface area contributed by atoms with E-state index in [1.807, 2.05) is 47.4 Å². The number of carbonyl (C=O) groups excluding carboxylic acids is 1. The maximum atomic E-state index is 13.5. The molecule has 3 aliphatic rings. The summed E-state index contributed by atoms with van der Waals surface area (Å²) in [5, 5.41) is 0. The van der Waals surface area contributed by atoms with Crippen LogP contribution in [-0.2, 0) is 34.2 Å². The molecule has 2 unspecified atom stereocenters. The van der Waals surface area contributed by atoms with E-state index in [1.54, 1.807) is 10.4 Å². The van der Waals surface area contributed by atoms with Crippen LogP contribution in [0.1, 0.15) is 48.8 Å². The maximum absolute atomic E-state index is 13.5. The first-order valence-electron chi connectivity index (χ1n) is 11.5. The fraction of sp³-hybridized carbons (Fsp3) is 0.480. The lowest BCUT2D eigenvalue weighted by atomic mass is 9.92. The lowest BCUT2D eigenvalue weighted by Crippen LogP contribution is -2.43. The summed E-state index contributed by atoms with van der Waals surface area (Å²) in [6, 6.07) is 15.6. The highest BCUT2D eigenvalue weighted by Gasteiger charge is 2.44. The normalized spacial score (nSPS) is 24.5. The molecule has 1 aliphatic carbocycles. The summed E-state index contributed by atoms with van der Waals surface area (Å²) in [5.41, 5.74) is 3.56. The fourth-order valence-corrected chi connectivity index (χ4v) is 7.06. The highest BCUT2D eigenvalue weighted by Crippen LogP contribution is 2.35. The number of nitrogens with zero attached hydrogens (tertiary/aromatic N) is 2. The smallest absolute Gasteiger partial charge is 0.243 e. The van der Waals surface area contributed by atoms with Crippen LogP contribution in [0.25, 0.3) is 0 Å². The zero-order chi connectivity index (χ0) is 21.4. The Balaban J connectivity index is 1.40. The minimum absolute atomic E-state index is 0.0531. The van der Waals surface area contributed by atoms with Crippen LogP contribution in [0.15, 0.2) is 53.4 Å².